The molecule has 0 heterocycles. The highest BCUT2D eigenvalue weighted by molar-refractivity contribution is 7.81. The summed E-state index contributed by atoms with van der Waals surface area (Å²) in [5.74, 6) is -1.47. The molecule has 5 nitrogen and oxygen atoms in total. The summed E-state index contributed by atoms with van der Waals surface area (Å²) < 4.78 is 0. The Morgan fingerprint density at radius 3 is 2.45 bits per heavy atom. The summed E-state index contributed by atoms with van der Waals surface area (Å²) in [6.07, 6.45) is 1.36. The van der Waals surface area contributed by atoms with Crippen LogP contribution in [-0.2, 0) is 16.0 Å². The van der Waals surface area contributed by atoms with Gasteiger partial charge in [-0.05, 0) is 37.5 Å². The van der Waals surface area contributed by atoms with Crippen molar-refractivity contribution in [2.45, 2.75) is 43.9 Å². The third-order valence-electron chi connectivity index (χ3n) is 3.44. The average molecular weight is 320 g/mol. The monoisotopic (exact) mass is 320 g/mol. The number of benzene rings is 1. The van der Waals surface area contributed by atoms with Crippen LogP contribution in [0.5, 0.6) is 0 Å². The molecule has 0 bridgehead atoms. The molecule has 2 unspecified atom stereocenters. The highest BCUT2D eigenvalue weighted by Gasteiger charge is 2.35. The molecule has 2 atom stereocenters. The number of nitrogens with zero attached hydrogens (tertiary/aromatic N) is 1. The zero-order chi connectivity index (χ0) is 16.8. The van der Waals surface area contributed by atoms with Crippen LogP contribution in [0.2, 0.25) is 0 Å². The lowest BCUT2D eigenvalue weighted by Gasteiger charge is -2.27. The number of hydrogen-bond donors (Lipinski definition) is 3. The minimum atomic E-state index is -1.28. The van der Waals surface area contributed by atoms with Gasteiger partial charge in [-0.25, -0.2) is 4.79 Å². The highest BCUT2D eigenvalue weighted by Crippen LogP contribution is 2.15. The predicted molar refractivity (Wildman–Crippen MR) is 86.7 cm³/mol. The molecule has 0 saturated heterocycles. The van der Waals surface area contributed by atoms with Gasteiger partial charge in [-0.1, -0.05) is 25.5 Å². The summed E-state index contributed by atoms with van der Waals surface area (Å²) >= 11 is 4.26. The lowest BCUT2D eigenvalue weighted by molar-refractivity contribution is -0.147. The van der Waals surface area contributed by atoms with Crippen molar-refractivity contribution >= 4 is 24.5 Å². The van der Waals surface area contributed by atoms with E-state index < -0.39 is 22.7 Å². The van der Waals surface area contributed by atoms with Gasteiger partial charge < -0.3 is 10.4 Å². The molecule has 1 aromatic rings. The molecule has 0 aliphatic carbocycles. The number of nitriles is 1. The first-order chi connectivity index (χ1) is 10.3. The number of rotatable bonds is 7. The van der Waals surface area contributed by atoms with Crippen molar-refractivity contribution < 1.29 is 14.7 Å². The molecule has 0 aliphatic heterocycles. The van der Waals surface area contributed by atoms with E-state index in [1.165, 1.54) is 6.92 Å². The highest BCUT2D eigenvalue weighted by atomic mass is 32.1. The topological polar surface area (TPSA) is 90.2 Å². The number of amides is 1. The maximum absolute atomic E-state index is 12.2. The van der Waals surface area contributed by atoms with Crippen LogP contribution in [0.25, 0.3) is 0 Å². The summed E-state index contributed by atoms with van der Waals surface area (Å²) in [6.45, 7) is 3.36. The summed E-state index contributed by atoms with van der Waals surface area (Å²) in [7, 11) is 0. The van der Waals surface area contributed by atoms with Gasteiger partial charge in [0.25, 0.3) is 0 Å². The van der Waals surface area contributed by atoms with Crippen LogP contribution >= 0.6 is 12.6 Å². The van der Waals surface area contributed by atoms with Gasteiger partial charge >= 0.3 is 5.97 Å². The number of carboxylic acids is 1. The zero-order valence-corrected chi connectivity index (χ0v) is 13.6. The number of aliphatic carboxylic acids is 1. The molecular formula is C16H20N2O3S. The lowest BCUT2D eigenvalue weighted by Crippen LogP contribution is -2.54. The number of carboxylic acid groups (broad SMARTS) is 1. The maximum atomic E-state index is 12.2. The third kappa shape index (κ3) is 4.78. The molecule has 0 radical (unpaired) electrons. The molecule has 0 aromatic heterocycles. The smallest absolute Gasteiger partial charge is 0.329 e. The molecule has 1 rings (SSSR count). The van der Waals surface area contributed by atoms with E-state index in [0.717, 1.165) is 5.56 Å². The number of carbonyl (C=O) groups is 2. The molecule has 118 valence electrons. The Bertz CT molecular complexity index is 580. The van der Waals surface area contributed by atoms with Crippen LogP contribution in [0.15, 0.2) is 24.3 Å². The average Bonchev–Trinajstić information content (AvgIpc) is 2.48. The Kier molecular flexibility index (Phi) is 6.44. The van der Waals surface area contributed by atoms with Gasteiger partial charge in [0.15, 0.2) is 0 Å². The fourth-order valence-electron chi connectivity index (χ4n) is 2.11. The van der Waals surface area contributed by atoms with E-state index in [-0.39, 0.29) is 0 Å². The van der Waals surface area contributed by atoms with Crippen molar-refractivity contribution in [2.75, 3.05) is 0 Å². The second-order valence-electron chi connectivity index (χ2n) is 5.41. The van der Waals surface area contributed by atoms with Crippen LogP contribution in [0, 0.1) is 11.3 Å². The summed E-state index contributed by atoms with van der Waals surface area (Å²) in [4.78, 5) is 23.5. The molecule has 0 fully saturated rings. The minimum Gasteiger partial charge on any atom is -0.480 e. The normalized spacial score (nSPS) is 14.5. The molecule has 6 heteroatoms. The van der Waals surface area contributed by atoms with E-state index in [4.69, 9.17) is 5.26 Å². The van der Waals surface area contributed by atoms with Crippen LogP contribution in [0.1, 0.15) is 37.8 Å². The molecule has 1 aromatic carbocycles. The van der Waals surface area contributed by atoms with Crippen molar-refractivity contribution in [2.24, 2.45) is 0 Å². The van der Waals surface area contributed by atoms with Crippen LogP contribution in [0.4, 0.5) is 0 Å². The van der Waals surface area contributed by atoms with Crippen LogP contribution < -0.4 is 5.32 Å². The predicted octanol–water partition coefficient (Wildman–Crippen LogP) is 2.16. The van der Waals surface area contributed by atoms with E-state index >= 15 is 0 Å². The number of nitrogens with one attached hydrogen (secondary N) is 1. The van der Waals surface area contributed by atoms with Crippen molar-refractivity contribution in [3.63, 3.8) is 0 Å². The quantitative estimate of drug-likeness (QED) is 0.672. The Labute approximate surface area is 135 Å². The summed E-state index contributed by atoms with van der Waals surface area (Å²) in [5, 5.41) is 19.9. The molecule has 0 spiro atoms. The first-order valence-corrected chi connectivity index (χ1v) is 7.56. The van der Waals surface area contributed by atoms with E-state index in [1.54, 1.807) is 24.3 Å². The van der Waals surface area contributed by atoms with Gasteiger partial charge in [-0.2, -0.15) is 17.9 Å². The van der Waals surface area contributed by atoms with Gasteiger partial charge in [0, 0.05) is 0 Å². The maximum Gasteiger partial charge on any atom is 0.329 e. The van der Waals surface area contributed by atoms with Gasteiger partial charge in [-0.3, -0.25) is 4.79 Å². The van der Waals surface area contributed by atoms with Gasteiger partial charge in [0.1, 0.15) is 5.54 Å². The van der Waals surface area contributed by atoms with Gasteiger partial charge in [0.05, 0.1) is 16.9 Å². The molecule has 22 heavy (non-hydrogen) atoms. The summed E-state index contributed by atoms with van der Waals surface area (Å²) in [6, 6.07) is 8.89. The molecule has 1 amide bonds. The Morgan fingerprint density at radius 1 is 1.41 bits per heavy atom. The van der Waals surface area contributed by atoms with Crippen molar-refractivity contribution in [3.8, 4) is 6.07 Å². The Hall–Kier alpha value is -2.00. The van der Waals surface area contributed by atoms with E-state index in [9.17, 15) is 14.7 Å². The second-order valence-corrected chi connectivity index (χ2v) is 6.03. The number of hydrogen-bond acceptors (Lipinski definition) is 4. The molecular weight excluding hydrogens is 300 g/mol. The van der Waals surface area contributed by atoms with Crippen molar-refractivity contribution in [1.29, 1.82) is 5.26 Å². The van der Waals surface area contributed by atoms with E-state index in [2.05, 4.69) is 17.9 Å². The minimum absolute atomic E-state index is 0.353. The van der Waals surface area contributed by atoms with Gasteiger partial charge in [0.2, 0.25) is 5.91 Å². The zero-order valence-electron chi connectivity index (χ0n) is 12.7. The molecule has 0 aliphatic rings. The fourth-order valence-corrected chi connectivity index (χ4v) is 2.38. The fraction of sp³-hybridized carbons (Fsp3) is 0.438. The van der Waals surface area contributed by atoms with Gasteiger partial charge in [-0.15, -0.1) is 0 Å². The summed E-state index contributed by atoms with van der Waals surface area (Å²) in [5.41, 5.74) is 0.129. The third-order valence-corrected chi connectivity index (χ3v) is 3.85. The van der Waals surface area contributed by atoms with Crippen LogP contribution in [-0.4, -0.2) is 27.8 Å². The standard InChI is InChI=1S/C16H20N2O3S/c1-3-8-16(2,15(20)21)18-14(19)13(22)9-11-4-6-12(10-17)7-5-11/h4-7,13,22H,3,8-9H2,1-2H3,(H,18,19)(H,20,21). The first kappa shape index (κ1) is 18.1. The van der Waals surface area contributed by atoms with Crippen molar-refractivity contribution in [3.05, 3.63) is 35.4 Å². The van der Waals surface area contributed by atoms with Crippen molar-refractivity contribution in [1.82, 2.24) is 5.32 Å². The molecule has 0 saturated carbocycles. The number of thiol groups is 1. The SMILES string of the molecule is CCCC(C)(NC(=O)C(S)Cc1ccc(C#N)cc1)C(=O)O. The lowest BCUT2D eigenvalue weighted by atomic mass is 9.95. The van der Waals surface area contributed by atoms with Crippen LogP contribution in [0.3, 0.4) is 0 Å². The Balaban J connectivity index is 2.71. The second kappa shape index (κ2) is 7.85. The molecule has 2 N–H and O–H groups in total. The van der Waals surface area contributed by atoms with E-state index in [1.807, 2.05) is 13.0 Å². The Morgan fingerprint density at radius 2 is 2.00 bits per heavy atom. The van der Waals surface area contributed by atoms with E-state index in [0.29, 0.717) is 24.8 Å². The number of carbonyl (C=O) groups excluding carboxylic acids is 1. The largest absolute Gasteiger partial charge is 0.480 e. The first-order valence-electron chi connectivity index (χ1n) is 7.05.